The summed E-state index contributed by atoms with van der Waals surface area (Å²) in [5.74, 6) is -1.09. The summed E-state index contributed by atoms with van der Waals surface area (Å²) in [7, 11) is 1.51. The number of hydrogen-bond acceptors (Lipinski definition) is 3. The predicted octanol–water partition coefficient (Wildman–Crippen LogP) is 0.382. The van der Waals surface area contributed by atoms with Crippen LogP contribution < -0.4 is 0 Å². The number of carboxylic acids is 1. The molecule has 0 saturated heterocycles. The lowest BCUT2D eigenvalue weighted by molar-refractivity contribution is -0.137. The van der Waals surface area contributed by atoms with Crippen LogP contribution >= 0.6 is 0 Å². The molecule has 0 saturated carbocycles. The molecule has 6 nitrogen and oxygen atoms in total. The number of aliphatic hydroxyl groups is 1. The molecule has 6 heteroatoms. The van der Waals surface area contributed by atoms with Crippen molar-refractivity contribution in [3.8, 4) is 0 Å². The number of hydrogen-bond donors (Lipinski definition) is 2. The van der Waals surface area contributed by atoms with Gasteiger partial charge in [0, 0.05) is 13.6 Å². The number of urea groups is 1. The maximum Gasteiger partial charge on any atom is 0.323 e. The van der Waals surface area contributed by atoms with Gasteiger partial charge in [0.2, 0.25) is 0 Å². The van der Waals surface area contributed by atoms with Crippen molar-refractivity contribution in [3.05, 3.63) is 12.7 Å². The quantitative estimate of drug-likeness (QED) is 0.662. The molecule has 0 bridgehead atoms. The van der Waals surface area contributed by atoms with Gasteiger partial charge in [-0.2, -0.15) is 0 Å². The van der Waals surface area contributed by atoms with Gasteiger partial charge in [0.15, 0.2) is 0 Å². The second-order valence-electron chi connectivity index (χ2n) is 4.51. The third-order valence-corrected chi connectivity index (χ3v) is 1.90. The van der Waals surface area contributed by atoms with E-state index in [2.05, 4.69) is 6.58 Å². The first-order chi connectivity index (χ1) is 7.67. The van der Waals surface area contributed by atoms with E-state index in [0.717, 1.165) is 4.90 Å². The summed E-state index contributed by atoms with van der Waals surface area (Å²) >= 11 is 0. The number of nitrogens with zero attached hydrogens (tertiary/aromatic N) is 2. The Balaban J connectivity index is 4.59. The highest BCUT2D eigenvalue weighted by Crippen LogP contribution is 2.06. The Labute approximate surface area is 101 Å². The second-order valence-corrected chi connectivity index (χ2v) is 4.51. The Hall–Kier alpha value is -1.56. The van der Waals surface area contributed by atoms with Crippen molar-refractivity contribution >= 4 is 12.0 Å². The lowest BCUT2D eigenvalue weighted by Gasteiger charge is -2.30. The number of carbonyl (C=O) groups is 2. The van der Waals surface area contributed by atoms with Crippen LogP contribution in [0.15, 0.2) is 12.7 Å². The normalized spacial score (nSPS) is 10.8. The Kier molecular flexibility index (Phi) is 5.67. The minimum Gasteiger partial charge on any atom is -0.480 e. The van der Waals surface area contributed by atoms with Crippen LogP contribution in [0.3, 0.4) is 0 Å². The fraction of sp³-hybridized carbons (Fsp3) is 0.636. The van der Waals surface area contributed by atoms with Gasteiger partial charge in [-0.1, -0.05) is 6.08 Å². The Morgan fingerprint density at radius 2 is 1.94 bits per heavy atom. The fourth-order valence-corrected chi connectivity index (χ4v) is 1.42. The zero-order valence-corrected chi connectivity index (χ0v) is 10.5. The van der Waals surface area contributed by atoms with Crippen molar-refractivity contribution in [1.82, 2.24) is 9.80 Å². The number of aliphatic carboxylic acids is 1. The lowest BCUT2D eigenvalue weighted by atomic mass is 10.1. The van der Waals surface area contributed by atoms with Gasteiger partial charge in [-0.25, -0.2) is 4.79 Å². The zero-order chi connectivity index (χ0) is 13.6. The minimum atomic E-state index is -1.09. The van der Waals surface area contributed by atoms with Crippen molar-refractivity contribution in [1.29, 1.82) is 0 Å². The summed E-state index contributed by atoms with van der Waals surface area (Å²) < 4.78 is 0. The second kappa shape index (κ2) is 6.24. The zero-order valence-electron chi connectivity index (χ0n) is 10.5. The van der Waals surface area contributed by atoms with Crippen LogP contribution in [0.5, 0.6) is 0 Å². The molecule has 0 heterocycles. The first kappa shape index (κ1) is 15.4. The van der Waals surface area contributed by atoms with Gasteiger partial charge in [-0.15, -0.1) is 6.58 Å². The fourth-order valence-electron chi connectivity index (χ4n) is 1.42. The third-order valence-electron chi connectivity index (χ3n) is 1.90. The molecule has 0 aliphatic carbocycles. The molecule has 0 radical (unpaired) electrons. The Bertz CT molecular complexity index is 296. The summed E-state index contributed by atoms with van der Waals surface area (Å²) in [6, 6.07) is -0.450. The van der Waals surface area contributed by atoms with Crippen LogP contribution in [-0.2, 0) is 4.79 Å². The summed E-state index contributed by atoms with van der Waals surface area (Å²) in [5.41, 5.74) is -1.02. The van der Waals surface area contributed by atoms with Crippen molar-refractivity contribution < 1.29 is 19.8 Å². The highest BCUT2D eigenvalue weighted by Gasteiger charge is 2.24. The van der Waals surface area contributed by atoms with Gasteiger partial charge in [0.25, 0.3) is 0 Å². The van der Waals surface area contributed by atoms with Crippen LogP contribution in [0, 0.1) is 0 Å². The molecule has 0 aromatic carbocycles. The maximum atomic E-state index is 11.9. The molecule has 17 heavy (non-hydrogen) atoms. The van der Waals surface area contributed by atoms with Crippen LogP contribution in [0.2, 0.25) is 0 Å². The van der Waals surface area contributed by atoms with Crippen molar-refractivity contribution in [2.24, 2.45) is 0 Å². The van der Waals surface area contributed by atoms with Gasteiger partial charge >= 0.3 is 12.0 Å². The van der Waals surface area contributed by atoms with E-state index in [4.69, 9.17) is 5.11 Å². The third kappa shape index (κ3) is 6.57. The molecular formula is C11H20N2O4. The van der Waals surface area contributed by atoms with Gasteiger partial charge in [0.1, 0.15) is 6.54 Å². The molecule has 0 aromatic heterocycles. The van der Waals surface area contributed by atoms with Gasteiger partial charge in [-0.3, -0.25) is 4.79 Å². The molecule has 0 atom stereocenters. The van der Waals surface area contributed by atoms with Crippen molar-refractivity contribution in [2.75, 3.05) is 26.7 Å². The van der Waals surface area contributed by atoms with E-state index in [0.29, 0.717) is 0 Å². The molecule has 0 aromatic rings. The van der Waals surface area contributed by atoms with Crippen LogP contribution in [0.1, 0.15) is 13.8 Å². The first-order valence-electron chi connectivity index (χ1n) is 5.22. The SMILES string of the molecule is C=CCN(CC(=O)O)C(=O)N(C)CC(C)(C)O. The van der Waals surface area contributed by atoms with Crippen molar-refractivity contribution in [3.63, 3.8) is 0 Å². The molecular weight excluding hydrogens is 224 g/mol. The van der Waals surface area contributed by atoms with E-state index in [9.17, 15) is 14.7 Å². The largest absolute Gasteiger partial charge is 0.480 e. The topological polar surface area (TPSA) is 81.1 Å². The maximum absolute atomic E-state index is 11.9. The molecule has 2 amide bonds. The molecule has 0 unspecified atom stereocenters. The van der Waals surface area contributed by atoms with E-state index < -0.39 is 17.6 Å². The molecule has 0 fully saturated rings. The Morgan fingerprint density at radius 1 is 1.41 bits per heavy atom. The number of carbonyl (C=O) groups excluding carboxylic acids is 1. The van der Waals surface area contributed by atoms with E-state index >= 15 is 0 Å². The highest BCUT2D eigenvalue weighted by molar-refractivity contribution is 5.80. The summed E-state index contributed by atoms with van der Waals surface area (Å²) in [4.78, 5) is 24.9. The van der Waals surface area contributed by atoms with E-state index in [1.165, 1.54) is 18.0 Å². The van der Waals surface area contributed by atoms with Crippen LogP contribution in [0.4, 0.5) is 4.79 Å². The Morgan fingerprint density at radius 3 is 2.29 bits per heavy atom. The summed E-state index contributed by atoms with van der Waals surface area (Å²) in [6.07, 6.45) is 1.46. The van der Waals surface area contributed by atoms with Crippen molar-refractivity contribution in [2.45, 2.75) is 19.4 Å². The number of rotatable bonds is 6. The number of likely N-dealkylation sites (N-methyl/N-ethyl adjacent to an activating group) is 1. The molecule has 0 rings (SSSR count). The predicted molar refractivity (Wildman–Crippen MR) is 63.7 cm³/mol. The smallest absolute Gasteiger partial charge is 0.323 e. The molecule has 0 aliphatic rings. The summed E-state index contributed by atoms with van der Waals surface area (Å²) in [6.45, 7) is 6.51. The average molecular weight is 244 g/mol. The minimum absolute atomic E-state index is 0.124. The average Bonchev–Trinajstić information content (AvgIpc) is 2.12. The highest BCUT2D eigenvalue weighted by atomic mass is 16.4. The van der Waals surface area contributed by atoms with E-state index in [1.807, 2.05) is 0 Å². The van der Waals surface area contributed by atoms with Crippen LogP contribution in [0.25, 0.3) is 0 Å². The number of carboxylic acid groups (broad SMARTS) is 1. The molecule has 0 spiro atoms. The standard InChI is InChI=1S/C11H20N2O4/c1-5-6-13(7-9(14)15)10(16)12(4)8-11(2,3)17/h5,17H,1,6-8H2,2-4H3,(H,14,15). The number of amides is 2. The molecule has 98 valence electrons. The van der Waals surface area contributed by atoms with Gasteiger partial charge in [0.05, 0.1) is 12.1 Å². The molecule has 2 N–H and O–H groups in total. The lowest BCUT2D eigenvalue weighted by Crippen LogP contribution is -2.48. The monoisotopic (exact) mass is 244 g/mol. The van der Waals surface area contributed by atoms with Gasteiger partial charge in [-0.05, 0) is 13.8 Å². The first-order valence-corrected chi connectivity index (χ1v) is 5.22. The van der Waals surface area contributed by atoms with E-state index in [-0.39, 0.29) is 19.6 Å². The van der Waals surface area contributed by atoms with Gasteiger partial charge < -0.3 is 20.0 Å². The summed E-state index contributed by atoms with van der Waals surface area (Å²) in [5, 5.41) is 18.3. The van der Waals surface area contributed by atoms with E-state index in [1.54, 1.807) is 13.8 Å². The molecule has 0 aliphatic heterocycles. The van der Waals surface area contributed by atoms with Crippen LogP contribution in [-0.4, -0.2) is 64.3 Å².